The van der Waals surface area contributed by atoms with Crippen LogP contribution in [0.5, 0.6) is 5.75 Å². The van der Waals surface area contributed by atoms with E-state index in [2.05, 4.69) is 22.5 Å². The highest BCUT2D eigenvalue weighted by Gasteiger charge is 2.22. The number of ether oxygens (including phenoxy) is 1. The van der Waals surface area contributed by atoms with Crippen LogP contribution in [0.3, 0.4) is 0 Å². The molecule has 3 aromatic rings. The summed E-state index contributed by atoms with van der Waals surface area (Å²) in [6.07, 6.45) is 1.04. The number of nitrogens with zero attached hydrogens (tertiary/aromatic N) is 2. The average molecular weight is 523 g/mol. The molecule has 0 spiro atoms. The Morgan fingerprint density at radius 2 is 1.72 bits per heavy atom. The number of thiocarbonyl (C=S) groups is 1. The van der Waals surface area contributed by atoms with Crippen molar-refractivity contribution in [1.29, 1.82) is 0 Å². The van der Waals surface area contributed by atoms with E-state index in [9.17, 15) is 9.59 Å². The number of nitrogens with one attached hydrogen (secondary N) is 2. The molecule has 1 aromatic heterocycles. The Bertz CT molecular complexity index is 1170. The molecule has 1 atom stereocenters. The molecule has 188 valence electrons. The minimum atomic E-state index is -0.283. The fourth-order valence-corrected chi connectivity index (χ4v) is 4.72. The minimum absolute atomic E-state index is 0.107. The molecule has 7 nitrogen and oxygen atoms in total. The SMILES string of the molecule is CCC(C)Oc1ccc(C(=O)NC(=S)Nc2ccc(N3CCN(C(=O)c4cccs4)CC3)cc2)cc1. The van der Waals surface area contributed by atoms with Crippen molar-refractivity contribution in [3.63, 3.8) is 0 Å². The highest BCUT2D eigenvalue weighted by atomic mass is 32.1. The topological polar surface area (TPSA) is 73.9 Å². The lowest BCUT2D eigenvalue weighted by Crippen LogP contribution is -2.48. The van der Waals surface area contributed by atoms with E-state index in [0.29, 0.717) is 18.7 Å². The first kappa shape index (κ1) is 25.7. The summed E-state index contributed by atoms with van der Waals surface area (Å²) in [5.41, 5.74) is 2.37. The molecule has 0 saturated carbocycles. The third kappa shape index (κ3) is 6.61. The number of benzene rings is 2. The average Bonchev–Trinajstić information content (AvgIpc) is 3.44. The summed E-state index contributed by atoms with van der Waals surface area (Å²) >= 11 is 6.81. The highest BCUT2D eigenvalue weighted by molar-refractivity contribution is 7.80. The zero-order valence-corrected chi connectivity index (χ0v) is 22.0. The van der Waals surface area contributed by atoms with Gasteiger partial charge < -0.3 is 19.9 Å². The second-order valence-electron chi connectivity index (χ2n) is 8.57. The molecule has 2 amide bonds. The minimum Gasteiger partial charge on any atom is -0.491 e. The van der Waals surface area contributed by atoms with Crippen molar-refractivity contribution >= 4 is 51.9 Å². The van der Waals surface area contributed by atoms with Gasteiger partial charge in [-0.05, 0) is 85.5 Å². The number of hydrogen-bond donors (Lipinski definition) is 2. The Hall–Kier alpha value is -3.43. The van der Waals surface area contributed by atoms with Gasteiger partial charge in [-0.2, -0.15) is 0 Å². The maximum atomic E-state index is 12.5. The normalized spacial score (nSPS) is 14.2. The quantitative estimate of drug-likeness (QED) is 0.425. The number of hydrogen-bond acceptors (Lipinski definition) is 6. The molecule has 36 heavy (non-hydrogen) atoms. The van der Waals surface area contributed by atoms with E-state index < -0.39 is 0 Å². The van der Waals surface area contributed by atoms with Gasteiger partial charge in [0.2, 0.25) is 0 Å². The lowest BCUT2D eigenvalue weighted by Gasteiger charge is -2.36. The lowest BCUT2D eigenvalue weighted by atomic mass is 10.2. The van der Waals surface area contributed by atoms with Gasteiger partial charge in [0, 0.05) is 43.1 Å². The van der Waals surface area contributed by atoms with Gasteiger partial charge in [0.05, 0.1) is 11.0 Å². The molecule has 1 saturated heterocycles. The molecule has 1 unspecified atom stereocenters. The van der Waals surface area contributed by atoms with Crippen LogP contribution in [-0.4, -0.2) is 54.1 Å². The number of piperazine rings is 1. The summed E-state index contributed by atoms with van der Waals surface area (Å²) in [6, 6.07) is 18.7. The Morgan fingerprint density at radius 3 is 2.33 bits per heavy atom. The monoisotopic (exact) mass is 522 g/mol. The third-order valence-electron chi connectivity index (χ3n) is 6.04. The van der Waals surface area contributed by atoms with Gasteiger partial charge in [0.1, 0.15) is 5.75 Å². The number of thiophene rings is 1. The van der Waals surface area contributed by atoms with Gasteiger partial charge in [-0.1, -0.05) is 13.0 Å². The van der Waals surface area contributed by atoms with Crippen molar-refractivity contribution in [2.45, 2.75) is 26.4 Å². The molecule has 1 aliphatic rings. The molecule has 0 radical (unpaired) electrons. The lowest BCUT2D eigenvalue weighted by molar-refractivity contribution is 0.0751. The van der Waals surface area contributed by atoms with Crippen LogP contribution in [0.4, 0.5) is 11.4 Å². The molecule has 4 rings (SSSR count). The van der Waals surface area contributed by atoms with E-state index >= 15 is 0 Å². The third-order valence-corrected chi connectivity index (χ3v) is 7.11. The van der Waals surface area contributed by atoms with Crippen molar-refractivity contribution in [2.24, 2.45) is 0 Å². The molecular weight excluding hydrogens is 492 g/mol. The van der Waals surface area contributed by atoms with Gasteiger partial charge in [-0.3, -0.25) is 14.9 Å². The van der Waals surface area contributed by atoms with Crippen LogP contribution in [0.15, 0.2) is 66.0 Å². The van der Waals surface area contributed by atoms with Crippen molar-refractivity contribution in [1.82, 2.24) is 10.2 Å². The zero-order chi connectivity index (χ0) is 25.5. The van der Waals surface area contributed by atoms with Crippen LogP contribution in [0.2, 0.25) is 0 Å². The Labute approximate surface area is 221 Å². The summed E-state index contributed by atoms with van der Waals surface area (Å²) in [6.45, 7) is 7.01. The molecule has 9 heteroatoms. The Balaban J connectivity index is 1.25. The van der Waals surface area contributed by atoms with Gasteiger partial charge in [-0.15, -0.1) is 11.3 Å². The summed E-state index contributed by atoms with van der Waals surface area (Å²) < 4.78 is 5.75. The molecule has 2 aromatic carbocycles. The van der Waals surface area contributed by atoms with Crippen molar-refractivity contribution in [3.05, 3.63) is 76.5 Å². The standard InChI is InChI=1S/C27H30N4O3S2/c1-3-19(2)34-23-12-6-20(7-13-23)25(32)29-27(35)28-21-8-10-22(11-9-21)30-14-16-31(17-15-30)26(33)24-5-4-18-36-24/h4-13,18-19H,3,14-17H2,1-2H3,(H2,28,29,32,35). The highest BCUT2D eigenvalue weighted by Crippen LogP contribution is 2.21. The molecule has 1 aliphatic heterocycles. The maximum absolute atomic E-state index is 12.5. The Morgan fingerprint density at radius 1 is 1.03 bits per heavy atom. The van der Waals surface area contributed by atoms with Crippen molar-refractivity contribution in [3.8, 4) is 5.75 Å². The molecule has 2 heterocycles. The van der Waals surface area contributed by atoms with E-state index in [1.165, 1.54) is 11.3 Å². The van der Waals surface area contributed by atoms with E-state index in [1.54, 1.807) is 24.3 Å². The van der Waals surface area contributed by atoms with Gasteiger partial charge >= 0.3 is 0 Å². The summed E-state index contributed by atoms with van der Waals surface area (Å²) in [5, 5.41) is 7.93. The van der Waals surface area contributed by atoms with Gasteiger partial charge in [0.25, 0.3) is 11.8 Å². The van der Waals surface area contributed by atoms with Gasteiger partial charge in [-0.25, -0.2) is 0 Å². The number of anilines is 2. The fourth-order valence-electron chi connectivity index (χ4n) is 3.82. The maximum Gasteiger partial charge on any atom is 0.264 e. The largest absolute Gasteiger partial charge is 0.491 e. The number of rotatable bonds is 7. The first-order valence-corrected chi connectivity index (χ1v) is 13.3. The second-order valence-corrected chi connectivity index (χ2v) is 9.93. The van der Waals surface area contributed by atoms with Crippen LogP contribution < -0.4 is 20.3 Å². The van der Waals surface area contributed by atoms with Crippen LogP contribution in [0.25, 0.3) is 0 Å². The van der Waals surface area contributed by atoms with E-state index in [1.807, 2.05) is 53.6 Å². The van der Waals surface area contributed by atoms with E-state index in [-0.39, 0.29) is 23.0 Å². The van der Waals surface area contributed by atoms with Crippen molar-refractivity contribution in [2.75, 3.05) is 36.4 Å². The predicted octanol–water partition coefficient (Wildman–Crippen LogP) is 5.01. The number of carbonyl (C=O) groups is 2. The molecule has 0 aliphatic carbocycles. The first-order valence-electron chi connectivity index (χ1n) is 12.0. The van der Waals surface area contributed by atoms with E-state index in [4.69, 9.17) is 17.0 Å². The number of amides is 2. The van der Waals surface area contributed by atoms with Crippen LogP contribution >= 0.6 is 23.6 Å². The van der Waals surface area contributed by atoms with Crippen LogP contribution in [0, 0.1) is 0 Å². The number of carbonyl (C=O) groups excluding carboxylic acids is 2. The smallest absolute Gasteiger partial charge is 0.264 e. The summed E-state index contributed by atoms with van der Waals surface area (Å²) in [5.74, 6) is 0.557. The fraction of sp³-hybridized carbons (Fsp3) is 0.296. The first-order chi connectivity index (χ1) is 17.4. The van der Waals surface area contributed by atoms with E-state index in [0.717, 1.165) is 41.5 Å². The molecule has 0 bridgehead atoms. The summed E-state index contributed by atoms with van der Waals surface area (Å²) in [4.78, 5) is 30.0. The van der Waals surface area contributed by atoms with Crippen molar-refractivity contribution < 1.29 is 14.3 Å². The zero-order valence-electron chi connectivity index (χ0n) is 20.4. The summed E-state index contributed by atoms with van der Waals surface area (Å²) in [7, 11) is 0. The molecule has 1 fully saturated rings. The molecular formula is C27H30N4O3S2. The van der Waals surface area contributed by atoms with Gasteiger partial charge in [0.15, 0.2) is 5.11 Å². The van der Waals surface area contributed by atoms with Crippen LogP contribution in [0.1, 0.15) is 40.3 Å². The Kier molecular flexibility index (Phi) is 8.56. The molecule has 2 N–H and O–H groups in total. The predicted molar refractivity (Wildman–Crippen MR) is 149 cm³/mol. The second kappa shape index (κ2) is 12.0. The van der Waals surface area contributed by atoms with Crippen LogP contribution in [-0.2, 0) is 0 Å².